The molecule has 0 spiro atoms. The van der Waals surface area contributed by atoms with E-state index in [2.05, 4.69) is 29.3 Å². The van der Waals surface area contributed by atoms with Crippen LogP contribution in [0.2, 0.25) is 0 Å². The van der Waals surface area contributed by atoms with Crippen LogP contribution in [0.15, 0.2) is 12.1 Å². The molecule has 1 aromatic rings. The summed E-state index contributed by atoms with van der Waals surface area (Å²) in [6.07, 6.45) is 4.56. The van der Waals surface area contributed by atoms with Crippen LogP contribution in [0.1, 0.15) is 30.0 Å². The van der Waals surface area contributed by atoms with Gasteiger partial charge in [-0.15, -0.1) is 0 Å². The van der Waals surface area contributed by atoms with Crippen molar-refractivity contribution in [3.63, 3.8) is 0 Å². The molecule has 1 N–H and O–H groups in total. The SMILES string of the molecule is C[C@@H]1CNC(=O)C2Cc3ccc4c(c3N21)CCC4. The first-order chi connectivity index (χ1) is 8.75. The summed E-state index contributed by atoms with van der Waals surface area (Å²) < 4.78 is 0. The number of amides is 1. The van der Waals surface area contributed by atoms with Gasteiger partial charge >= 0.3 is 0 Å². The lowest BCUT2D eigenvalue weighted by atomic mass is 10.0. The van der Waals surface area contributed by atoms with Crippen LogP contribution >= 0.6 is 0 Å². The van der Waals surface area contributed by atoms with Crippen LogP contribution < -0.4 is 10.2 Å². The molecule has 3 heteroatoms. The van der Waals surface area contributed by atoms with Gasteiger partial charge in [0.1, 0.15) is 6.04 Å². The van der Waals surface area contributed by atoms with Crippen LogP contribution in [0.3, 0.4) is 0 Å². The molecule has 2 atom stereocenters. The highest BCUT2D eigenvalue weighted by molar-refractivity contribution is 5.90. The topological polar surface area (TPSA) is 32.3 Å². The summed E-state index contributed by atoms with van der Waals surface area (Å²) in [6, 6.07) is 4.98. The Morgan fingerprint density at radius 3 is 3.00 bits per heavy atom. The number of carbonyl (C=O) groups is 1. The minimum absolute atomic E-state index is 0.0378. The van der Waals surface area contributed by atoms with E-state index in [1.165, 1.54) is 41.6 Å². The number of anilines is 1. The summed E-state index contributed by atoms with van der Waals surface area (Å²) in [5.41, 5.74) is 5.81. The lowest BCUT2D eigenvalue weighted by Crippen LogP contribution is -2.58. The van der Waals surface area contributed by atoms with Crippen molar-refractivity contribution in [2.75, 3.05) is 11.4 Å². The van der Waals surface area contributed by atoms with Gasteiger partial charge < -0.3 is 10.2 Å². The summed E-state index contributed by atoms with van der Waals surface area (Å²) in [5, 5.41) is 3.03. The number of fused-ring (bicyclic) bond motifs is 5. The van der Waals surface area contributed by atoms with Crippen molar-refractivity contribution >= 4 is 11.6 Å². The third-order valence-electron chi connectivity index (χ3n) is 4.69. The maximum absolute atomic E-state index is 12.0. The average molecular weight is 242 g/mol. The molecule has 1 saturated heterocycles. The highest BCUT2D eigenvalue weighted by Gasteiger charge is 2.42. The molecule has 3 nitrogen and oxygen atoms in total. The molecule has 0 bridgehead atoms. The van der Waals surface area contributed by atoms with Crippen molar-refractivity contribution in [1.29, 1.82) is 0 Å². The molecule has 1 aliphatic carbocycles. The predicted molar refractivity (Wildman–Crippen MR) is 70.9 cm³/mol. The smallest absolute Gasteiger partial charge is 0.243 e. The fourth-order valence-corrected chi connectivity index (χ4v) is 3.86. The Kier molecular flexibility index (Phi) is 2.02. The normalized spacial score (nSPS) is 28.7. The molecule has 1 fully saturated rings. The van der Waals surface area contributed by atoms with Crippen molar-refractivity contribution in [2.24, 2.45) is 0 Å². The number of rotatable bonds is 0. The Balaban J connectivity index is 1.88. The molecule has 0 aromatic heterocycles. The second-order valence-corrected chi connectivity index (χ2v) is 5.79. The first-order valence-corrected chi connectivity index (χ1v) is 6.95. The molecule has 2 aliphatic heterocycles. The van der Waals surface area contributed by atoms with Gasteiger partial charge in [-0.2, -0.15) is 0 Å². The Bertz CT molecular complexity index is 538. The van der Waals surface area contributed by atoms with Crippen LogP contribution in [-0.4, -0.2) is 24.5 Å². The lowest BCUT2D eigenvalue weighted by molar-refractivity contribution is -0.123. The molecular weight excluding hydrogens is 224 g/mol. The molecule has 94 valence electrons. The zero-order valence-electron chi connectivity index (χ0n) is 10.7. The predicted octanol–water partition coefficient (Wildman–Crippen LogP) is 1.42. The minimum Gasteiger partial charge on any atom is -0.354 e. The fourth-order valence-electron chi connectivity index (χ4n) is 3.86. The highest BCUT2D eigenvalue weighted by atomic mass is 16.2. The number of carbonyl (C=O) groups excluding carboxylic acids is 1. The number of aryl methyl sites for hydroxylation is 1. The van der Waals surface area contributed by atoms with Crippen molar-refractivity contribution in [3.05, 3.63) is 28.8 Å². The molecule has 1 unspecified atom stereocenters. The summed E-state index contributed by atoms with van der Waals surface area (Å²) in [6.45, 7) is 2.99. The molecular formula is C15H18N2O. The van der Waals surface area contributed by atoms with Crippen molar-refractivity contribution in [2.45, 2.75) is 44.7 Å². The van der Waals surface area contributed by atoms with Gasteiger partial charge in [0, 0.05) is 24.7 Å². The molecule has 2 heterocycles. The zero-order valence-corrected chi connectivity index (χ0v) is 10.7. The van der Waals surface area contributed by atoms with E-state index in [1.807, 2.05) is 0 Å². The number of piperazine rings is 1. The standard InChI is InChI=1S/C15H18N2O/c1-9-8-16-15(18)13-7-11-6-5-10-3-2-4-12(10)14(11)17(9)13/h5-6,9,13H,2-4,7-8H2,1H3,(H,16,18)/t9-,13?/m1/s1. The average Bonchev–Trinajstić information content (AvgIpc) is 2.96. The van der Waals surface area contributed by atoms with Gasteiger partial charge in [0.15, 0.2) is 0 Å². The Morgan fingerprint density at radius 1 is 1.28 bits per heavy atom. The first kappa shape index (κ1) is 10.4. The van der Waals surface area contributed by atoms with Crippen LogP contribution in [0.25, 0.3) is 0 Å². The van der Waals surface area contributed by atoms with E-state index in [0.29, 0.717) is 6.04 Å². The summed E-state index contributed by atoms with van der Waals surface area (Å²) in [5.74, 6) is 0.205. The molecule has 1 amide bonds. The second kappa shape index (κ2) is 3.50. The van der Waals surface area contributed by atoms with Crippen molar-refractivity contribution < 1.29 is 4.79 Å². The highest BCUT2D eigenvalue weighted by Crippen LogP contribution is 2.42. The van der Waals surface area contributed by atoms with Crippen LogP contribution in [0.4, 0.5) is 5.69 Å². The van der Waals surface area contributed by atoms with E-state index in [-0.39, 0.29) is 11.9 Å². The third kappa shape index (κ3) is 1.22. The molecule has 1 aromatic carbocycles. The van der Waals surface area contributed by atoms with E-state index in [4.69, 9.17) is 0 Å². The quantitative estimate of drug-likeness (QED) is 0.746. The monoisotopic (exact) mass is 242 g/mol. The Hall–Kier alpha value is -1.51. The maximum atomic E-state index is 12.0. The molecule has 3 aliphatic rings. The van der Waals surface area contributed by atoms with E-state index in [9.17, 15) is 4.79 Å². The van der Waals surface area contributed by atoms with Crippen LogP contribution in [0.5, 0.6) is 0 Å². The number of nitrogens with zero attached hydrogens (tertiary/aromatic N) is 1. The third-order valence-corrected chi connectivity index (χ3v) is 4.69. The Morgan fingerprint density at radius 2 is 2.11 bits per heavy atom. The number of hydrogen-bond acceptors (Lipinski definition) is 2. The van der Waals surface area contributed by atoms with Gasteiger partial charge in [-0.05, 0) is 42.9 Å². The molecule has 0 radical (unpaired) electrons. The summed E-state index contributed by atoms with van der Waals surface area (Å²) >= 11 is 0. The second-order valence-electron chi connectivity index (χ2n) is 5.79. The number of hydrogen-bond donors (Lipinski definition) is 1. The maximum Gasteiger partial charge on any atom is 0.243 e. The fraction of sp³-hybridized carbons (Fsp3) is 0.533. The zero-order chi connectivity index (χ0) is 12.3. The Labute approximate surface area is 107 Å². The van der Waals surface area contributed by atoms with Crippen LogP contribution in [-0.2, 0) is 24.1 Å². The number of nitrogens with one attached hydrogen (secondary N) is 1. The van der Waals surface area contributed by atoms with Gasteiger partial charge in [0.25, 0.3) is 0 Å². The first-order valence-electron chi connectivity index (χ1n) is 6.95. The van der Waals surface area contributed by atoms with Crippen molar-refractivity contribution in [1.82, 2.24) is 5.32 Å². The summed E-state index contributed by atoms with van der Waals surface area (Å²) in [7, 11) is 0. The largest absolute Gasteiger partial charge is 0.354 e. The molecule has 0 saturated carbocycles. The van der Waals surface area contributed by atoms with Crippen LogP contribution in [0, 0.1) is 0 Å². The minimum atomic E-state index is 0.0378. The molecule has 18 heavy (non-hydrogen) atoms. The van der Waals surface area contributed by atoms with Gasteiger partial charge in [-0.3, -0.25) is 4.79 Å². The van der Waals surface area contributed by atoms with E-state index < -0.39 is 0 Å². The van der Waals surface area contributed by atoms with E-state index in [0.717, 1.165) is 13.0 Å². The van der Waals surface area contributed by atoms with Gasteiger partial charge in [-0.1, -0.05) is 12.1 Å². The van der Waals surface area contributed by atoms with E-state index >= 15 is 0 Å². The van der Waals surface area contributed by atoms with Gasteiger partial charge in [0.05, 0.1) is 0 Å². The van der Waals surface area contributed by atoms with E-state index in [1.54, 1.807) is 0 Å². The number of benzene rings is 1. The van der Waals surface area contributed by atoms with Gasteiger partial charge in [0.2, 0.25) is 5.91 Å². The molecule has 4 rings (SSSR count). The van der Waals surface area contributed by atoms with Crippen molar-refractivity contribution in [3.8, 4) is 0 Å². The van der Waals surface area contributed by atoms with Gasteiger partial charge in [-0.25, -0.2) is 0 Å². The summed E-state index contributed by atoms with van der Waals surface area (Å²) in [4.78, 5) is 14.4. The lowest BCUT2D eigenvalue weighted by Gasteiger charge is -2.38.